The Balaban J connectivity index is 2.13. The first-order valence-electron chi connectivity index (χ1n) is 6.31. The van der Waals surface area contributed by atoms with Gasteiger partial charge in [-0.3, -0.25) is 0 Å². The Morgan fingerprint density at radius 3 is 2.39 bits per heavy atom. The van der Waals surface area contributed by atoms with E-state index >= 15 is 0 Å². The summed E-state index contributed by atoms with van der Waals surface area (Å²) in [5.74, 6) is 1.72. The van der Waals surface area contributed by atoms with Crippen LogP contribution >= 0.6 is 0 Å². The van der Waals surface area contributed by atoms with E-state index in [1.165, 1.54) is 5.56 Å². The van der Waals surface area contributed by atoms with Crippen molar-refractivity contribution in [3.05, 3.63) is 59.7 Å². The molecule has 2 aromatic carbocycles. The summed E-state index contributed by atoms with van der Waals surface area (Å²) in [5.41, 5.74) is 8.21. The van der Waals surface area contributed by atoms with Gasteiger partial charge in [-0.1, -0.05) is 31.2 Å². The average Bonchev–Trinajstić information content (AvgIpc) is 2.39. The highest BCUT2D eigenvalue weighted by Crippen LogP contribution is 2.23. The van der Waals surface area contributed by atoms with Gasteiger partial charge in [-0.2, -0.15) is 0 Å². The van der Waals surface area contributed by atoms with Gasteiger partial charge in [0, 0.05) is 6.04 Å². The normalized spacial score (nSPS) is 12.2. The minimum Gasteiger partial charge on any atom is -0.457 e. The molecule has 2 nitrogen and oxygen atoms in total. The molecule has 0 bridgehead atoms. The summed E-state index contributed by atoms with van der Waals surface area (Å²) in [7, 11) is 0. The van der Waals surface area contributed by atoms with Crippen molar-refractivity contribution >= 4 is 0 Å². The molecule has 0 spiro atoms. The largest absolute Gasteiger partial charge is 0.457 e. The van der Waals surface area contributed by atoms with Crippen molar-refractivity contribution in [2.75, 3.05) is 0 Å². The third kappa shape index (κ3) is 3.11. The molecule has 0 aliphatic rings. The van der Waals surface area contributed by atoms with Gasteiger partial charge >= 0.3 is 0 Å². The summed E-state index contributed by atoms with van der Waals surface area (Å²) in [5, 5.41) is 0. The van der Waals surface area contributed by atoms with Gasteiger partial charge < -0.3 is 10.5 Å². The van der Waals surface area contributed by atoms with Crippen molar-refractivity contribution in [2.24, 2.45) is 5.73 Å². The fourth-order valence-corrected chi connectivity index (χ4v) is 1.80. The Morgan fingerprint density at radius 2 is 1.78 bits per heavy atom. The van der Waals surface area contributed by atoms with Gasteiger partial charge in [0.25, 0.3) is 0 Å². The molecule has 2 N–H and O–H groups in total. The molecule has 0 aliphatic carbocycles. The number of benzene rings is 2. The molecule has 0 amide bonds. The summed E-state index contributed by atoms with van der Waals surface area (Å²) in [6, 6.07) is 16.1. The predicted molar refractivity (Wildman–Crippen MR) is 74.9 cm³/mol. The zero-order chi connectivity index (χ0) is 13.0. The second-order valence-corrected chi connectivity index (χ2v) is 4.46. The van der Waals surface area contributed by atoms with Crippen molar-refractivity contribution in [1.29, 1.82) is 0 Å². The fraction of sp³-hybridized carbons (Fsp3) is 0.250. The van der Waals surface area contributed by atoms with E-state index in [4.69, 9.17) is 10.5 Å². The van der Waals surface area contributed by atoms with E-state index in [2.05, 4.69) is 19.1 Å². The van der Waals surface area contributed by atoms with Crippen LogP contribution in [0.1, 0.15) is 31.0 Å². The summed E-state index contributed by atoms with van der Waals surface area (Å²) in [4.78, 5) is 0. The second-order valence-electron chi connectivity index (χ2n) is 4.46. The molecule has 0 saturated carbocycles. The molecule has 2 aromatic rings. The van der Waals surface area contributed by atoms with Gasteiger partial charge in [0.1, 0.15) is 11.5 Å². The number of ether oxygens (including phenoxy) is 1. The summed E-state index contributed by atoms with van der Waals surface area (Å²) >= 11 is 0. The molecule has 0 unspecified atom stereocenters. The molecule has 0 fully saturated rings. The molecule has 2 rings (SSSR count). The van der Waals surface area contributed by atoms with Crippen molar-refractivity contribution < 1.29 is 4.74 Å². The molecule has 0 heterocycles. The van der Waals surface area contributed by atoms with E-state index in [1.807, 2.05) is 43.3 Å². The SMILES string of the molecule is CCc1cccc(Oc2ccc([C@H](C)N)cc2)c1. The van der Waals surface area contributed by atoms with Crippen LogP contribution in [0.25, 0.3) is 0 Å². The third-order valence-electron chi connectivity index (χ3n) is 2.95. The molecule has 0 aromatic heterocycles. The number of nitrogens with two attached hydrogens (primary N) is 1. The summed E-state index contributed by atoms with van der Waals surface area (Å²) < 4.78 is 5.81. The lowest BCUT2D eigenvalue weighted by Crippen LogP contribution is -2.04. The first kappa shape index (κ1) is 12.7. The molecule has 1 atom stereocenters. The maximum absolute atomic E-state index is 5.81. The number of hydrogen-bond acceptors (Lipinski definition) is 2. The van der Waals surface area contributed by atoms with E-state index < -0.39 is 0 Å². The van der Waals surface area contributed by atoms with E-state index in [1.54, 1.807) is 0 Å². The minimum absolute atomic E-state index is 0.0578. The van der Waals surface area contributed by atoms with Gasteiger partial charge in [-0.05, 0) is 48.7 Å². The molecule has 0 radical (unpaired) electrons. The monoisotopic (exact) mass is 241 g/mol. The lowest BCUT2D eigenvalue weighted by Gasteiger charge is -2.09. The summed E-state index contributed by atoms with van der Waals surface area (Å²) in [6.45, 7) is 4.11. The first-order chi connectivity index (χ1) is 8.69. The van der Waals surface area contributed by atoms with Crippen LogP contribution in [0.4, 0.5) is 0 Å². The van der Waals surface area contributed by atoms with E-state index in [9.17, 15) is 0 Å². The minimum atomic E-state index is 0.0578. The van der Waals surface area contributed by atoms with Crippen LogP contribution in [0, 0.1) is 0 Å². The van der Waals surface area contributed by atoms with Gasteiger partial charge in [0.15, 0.2) is 0 Å². The second kappa shape index (κ2) is 5.69. The Kier molecular flexibility index (Phi) is 4.00. The van der Waals surface area contributed by atoms with Gasteiger partial charge in [0.2, 0.25) is 0 Å². The smallest absolute Gasteiger partial charge is 0.127 e. The molecular weight excluding hydrogens is 222 g/mol. The van der Waals surface area contributed by atoms with E-state index in [-0.39, 0.29) is 6.04 Å². The highest BCUT2D eigenvalue weighted by Gasteiger charge is 2.01. The summed E-state index contributed by atoms with van der Waals surface area (Å²) in [6.07, 6.45) is 1.01. The molecule has 0 saturated heterocycles. The van der Waals surface area contributed by atoms with Crippen LogP contribution < -0.4 is 10.5 Å². The Bertz CT molecular complexity index is 503. The standard InChI is InChI=1S/C16H19NO/c1-3-13-5-4-6-16(11-13)18-15-9-7-14(8-10-15)12(2)17/h4-12H,3,17H2,1-2H3/t12-/m0/s1. The van der Waals surface area contributed by atoms with Crippen LogP contribution in [0.15, 0.2) is 48.5 Å². The van der Waals surface area contributed by atoms with Crippen molar-refractivity contribution in [3.63, 3.8) is 0 Å². The topological polar surface area (TPSA) is 35.2 Å². The predicted octanol–water partition coefficient (Wildman–Crippen LogP) is 4.06. The quantitative estimate of drug-likeness (QED) is 0.876. The Morgan fingerprint density at radius 1 is 1.06 bits per heavy atom. The average molecular weight is 241 g/mol. The highest BCUT2D eigenvalue weighted by atomic mass is 16.5. The van der Waals surface area contributed by atoms with Crippen LogP contribution in [-0.2, 0) is 6.42 Å². The zero-order valence-electron chi connectivity index (χ0n) is 10.9. The maximum Gasteiger partial charge on any atom is 0.127 e. The highest BCUT2D eigenvalue weighted by molar-refractivity contribution is 5.35. The molecule has 94 valence electrons. The third-order valence-corrected chi connectivity index (χ3v) is 2.95. The van der Waals surface area contributed by atoms with Crippen LogP contribution in [0.3, 0.4) is 0 Å². The molecule has 2 heteroatoms. The molecular formula is C16H19NO. The lowest BCUT2D eigenvalue weighted by molar-refractivity contribution is 0.481. The first-order valence-corrected chi connectivity index (χ1v) is 6.31. The van der Waals surface area contributed by atoms with Gasteiger partial charge in [0.05, 0.1) is 0 Å². The maximum atomic E-state index is 5.81. The van der Waals surface area contributed by atoms with Crippen LogP contribution in [0.2, 0.25) is 0 Å². The number of rotatable bonds is 4. The zero-order valence-corrected chi connectivity index (χ0v) is 10.9. The van der Waals surface area contributed by atoms with Crippen molar-refractivity contribution in [1.82, 2.24) is 0 Å². The van der Waals surface area contributed by atoms with Crippen molar-refractivity contribution in [2.45, 2.75) is 26.3 Å². The van der Waals surface area contributed by atoms with E-state index in [0.717, 1.165) is 23.5 Å². The Hall–Kier alpha value is -1.80. The van der Waals surface area contributed by atoms with Crippen LogP contribution in [0.5, 0.6) is 11.5 Å². The van der Waals surface area contributed by atoms with Crippen LogP contribution in [-0.4, -0.2) is 0 Å². The number of hydrogen-bond donors (Lipinski definition) is 1. The molecule has 18 heavy (non-hydrogen) atoms. The molecule has 0 aliphatic heterocycles. The van der Waals surface area contributed by atoms with Gasteiger partial charge in [-0.25, -0.2) is 0 Å². The lowest BCUT2D eigenvalue weighted by atomic mass is 10.1. The number of aryl methyl sites for hydroxylation is 1. The Labute approximate surface area is 108 Å². The fourth-order valence-electron chi connectivity index (χ4n) is 1.80. The van der Waals surface area contributed by atoms with E-state index in [0.29, 0.717) is 0 Å². The van der Waals surface area contributed by atoms with Gasteiger partial charge in [-0.15, -0.1) is 0 Å². The van der Waals surface area contributed by atoms with Crippen molar-refractivity contribution in [3.8, 4) is 11.5 Å².